The fourth-order valence-electron chi connectivity index (χ4n) is 2.22. The Balaban J connectivity index is 2.10. The Morgan fingerprint density at radius 2 is 2.15 bits per heavy atom. The van der Waals surface area contributed by atoms with Gasteiger partial charge in [-0.3, -0.25) is 14.5 Å². The molecule has 116 valence electrons. The predicted octanol–water partition coefficient (Wildman–Crippen LogP) is 0.714. The minimum Gasteiger partial charge on any atom is -0.480 e. The van der Waals surface area contributed by atoms with E-state index in [9.17, 15) is 9.59 Å². The smallest absolute Gasteiger partial charge is 0.320 e. The van der Waals surface area contributed by atoms with Gasteiger partial charge in [0.1, 0.15) is 6.04 Å². The summed E-state index contributed by atoms with van der Waals surface area (Å²) in [7, 11) is 0. The Bertz CT molecular complexity index is 320. The van der Waals surface area contributed by atoms with Gasteiger partial charge in [0.2, 0.25) is 5.91 Å². The predicted molar refractivity (Wildman–Crippen MR) is 75.5 cm³/mol. The second kappa shape index (κ2) is 8.92. The van der Waals surface area contributed by atoms with Crippen LogP contribution in [-0.2, 0) is 14.3 Å². The third kappa shape index (κ3) is 6.34. The van der Waals surface area contributed by atoms with Crippen LogP contribution in [0.2, 0.25) is 0 Å². The summed E-state index contributed by atoms with van der Waals surface area (Å²) in [5.41, 5.74) is 0. The lowest BCUT2D eigenvalue weighted by Crippen LogP contribution is -2.43. The summed E-state index contributed by atoms with van der Waals surface area (Å²) in [6, 6.07) is -0.511. The molecule has 0 aliphatic carbocycles. The fraction of sp³-hybridized carbons (Fsp3) is 0.857. The highest BCUT2D eigenvalue weighted by atomic mass is 16.5. The highest BCUT2D eigenvalue weighted by molar-refractivity contribution is 5.80. The van der Waals surface area contributed by atoms with Crippen LogP contribution in [0, 0.1) is 5.92 Å². The van der Waals surface area contributed by atoms with Crippen LogP contribution < -0.4 is 5.32 Å². The molecular formula is C14H26N2O4. The number of nitrogens with zero attached hydrogens (tertiary/aromatic N) is 1. The molecule has 1 rings (SSSR count). The van der Waals surface area contributed by atoms with Gasteiger partial charge in [0, 0.05) is 13.2 Å². The van der Waals surface area contributed by atoms with Crippen molar-refractivity contribution in [1.29, 1.82) is 0 Å². The third-order valence-corrected chi connectivity index (χ3v) is 3.40. The summed E-state index contributed by atoms with van der Waals surface area (Å²) in [5, 5.41) is 11.8. The number of hydrogen-bond donors (Lipinski definition) is 2. The maximum absolute atomic E-state index is 11.7. The number of hydrogen-bond acceptors (Lipinski definition) is 4. The lowest BCUT2D eigenvalue weighted by atomic mass is 10.1. The first-order valence-electron chi connectivity index (χ1n) is 7.32. The van der Waals surface area contributed by atoms with E-state index in [2.05, 4.69) is 19.2 Å². The monoisotopic (exact) mass is 286 g/mol. The number of carboxylic acid groups (broad SMARTS) is 1. The zero-order chi connectivity index (χ0) is 15.0. The van der Waals surface area contributed by atoms with E-state index in [1.165, 1.54) is 0 Å². The van der Waals surface area contributed by atoms with E-state index in [-0.39, 0.29) is 12.5 Å². The molecule has 20 heavy (non-hydrogen) atoms. The van der Waals surface area contributed by atoms with Crippen LogP contribution in [0.15, 0.2) is 0 Å². The number of carbonyl (C=O) groups excluding carboxylic acids is 1. The number of likely N-dealkylation sites (tertiary alicyclic amines) is 1. The summed E-state index contributed by atoms with van der Waals surface area (Å²) in [5.74, 6) is -0.356. The van der Waals surface area contributed by atoms with Crippen LogP contribution in [0.3, 0.4) is 0 Å². The standard InChI is InChI=1S/C14H26N2O4/c1-11(2)5-8-20-9-6-15-13(17)10-16-7-3-4-12(16)14(18)19/h11-12H,3-10H2,1-2H3,(H,15,17)(H,18,19)/t12-/m0/s1. The quantitative estimate of drug-likeness (QED) is 0.610. The average molecular weight is 286 g/mol. The van der Waals surface area contributed by atoms with Gasteiger partial charge < -0.3 is 15.2 Å². The molecule has 0 unspecified atom stereocenters. The van der Waals surface area contributed by atoms with Gasteiger partial charge in [-0.2, -0.15) is 0 Å². The molecule has 1 saturated heterocycles. The van der Waals surface area contributed by atoms with Crippen molar-refractivity contribution < 1.29 is 19.4 Å². The van der Waals surface area contributed by atoms with Crippen molar-refractivity contribution in [2.75, 3.05) is 32.8 Å². The van der Waals surface area contributed by atoms with Gasteiger partial charge in [-0.1, -0.05) is 13.8 Å². The number of carbonyl (C=O) groups is 2. The van der Waals surface area contributed by atoms with Gasteiger partial charge in [0.15, 0.2) is 0 Å². The zero-order valence-corrected chi connectivity index (χ0v) is 12.4. The Kier molecular flexibility index (Phi) is 7.54. The van der Waals surface area contributed by atoms with Crippen molar-refractivity contribution in [2.24, 2.45) is 5.92 Å². The Hall–Kier alpha value is -1.14. The van der Waals surface area contributed by atoms with E-state index in [1.54, 1.807) is 4.90 Å². The molecule has 1 amide bonds. The Morgan fingerprint density at radius 1 is 1.40 bits per heavy atom. The van der Waals surface area contributed by atoms with Crippen LogP contribution >= 0.6 is 0 Å². The zero-order valence-electron chi connectivity index (χ0n) is 12.4. The molecule has 1 heterocycles. The first kappa shape index (κ1) is 16.9. The van der Waals surface area contributed by atoms with E-state index in [4.69, 9.17) is 9.84 Å². The third-order valence-electron chi connectivity index (χ3n) is 3.40. The Morgan fingerprint density at radius 3 is 2.80 bits per heavy atom. The SMILES string of the molecule is CC(C)CCOCCNC(=O)CN1CCC[C@H]1C(=O)O. The largest absolute Gasteiger partial charge is 0.480 e. The molecule has 6 heteroatoms. The van der Waals surface area contributed by atoms with E-state index >= 15 is 0 Å². The topological polar surface area (TPSA) is 78.9 Å². The van der Waals surface area contributed by atoms with Crippen molar-refractivity contribution in [2.45, 2.75) is 39.2 Å². The molecule has 0 saturated carbocycles. The number of rotatable bonds is 9. The van der Waals surface area contributed by atoms with Crippen LogP contribution in [0.5, 0.6) is 0 Å². The van der Waals surface area contributed by atoms with Crippen LogP contribution in [0.4, 0.5) is 0 Å². The second-order valence-electron chi connectivity index (χ2n) is 5.61. The molecule has 2 N–H and O–H groups in total. The minimum atomic E-state index is -0.840. The molecule has 1 atom stereocenters. The number of amides is 1. The number of aliphatic carboxylic acids is 1. The van der Waals surface area contributed by atoms with Crippen LogP contribution in [-0.4, -0.2) is 60.8 Å². The van der Waals surface area contributed by atoms with Gasteiger partial charge in [-0.25, -0.2) is 0 Å². The number of ether oxygens (including phenoxy) is 1. The van der Waals surface area contributed by atoms with Crippen LogP contribution in [0.25, 0.3) is 0 Å². The molecule has 0 spiro atoms. The van der Waals surface area contributed by atoms with Crippen molar-refractivity contribution in [3.05, 3.63) is 0 Å². The van der Waals surface area contributed by atoms with Crippen molar-refractivity contribution in [1.82, 2.24) is 10.2 Å². The van der Waals surface area contributed by atoms with Crippen molar-refractivity contribution in [3.63, 3.8) is 0 Å². The van der Waals surface area contributed by atoms with E-state index in [0.29, 0.717) is 38.6 Å². The van der Waals surface area contributed by atoms with E-state index < -0.39 is 12.0 Å². The normalized spacial score (nSPS) is 19.4. The summed E-state index contributed by atoms with van der Waals surface area (Å²) in [6.45, 7) is 6.79. The van der Waals surface area contributed by atoms with Gasteiger partial charge in [-0.05, 0) is 31.7 Å². The summed E-state index contributed by atoms with van der Waals surface area (Å²) in [6.07, 6.45) is 2.48. The first-order chi connectivity index (χ1) is 9.50. The van der Waals surface area contributed by atoms with E-state index in [0.717, 1.165) is 12.8 Å². The molecule has 0 aromatic carbocycles. The maximum atomic E-state index is 11.7. The fourth-order valence-corrected chi connectivity index (χ4v) is 2.22. The van der Waals surface area contributed by atoms with E-state index in [1.807, 2.05) is 0 Å². The first-order valence-corrected chi connectivity index (χ1v) is 7.32. The number of carboxylic acids is 1. The summed E-state index contributed by atoms with van der Waals surface area (Å²) in [4.78, 5) is 24.4. The molecule has 0 aromatic heterocycles. The summed E-state index contributed by atoms with van der Waals surface area (Å²) >= 11 is 0. The van der Waals surface area contributed by atoms with Crippen molar-refractivity contribution in [3.8, 4) is 0 Å². The molecule has 0 radical (unpaired) electrons. The minimum absolute atomic E-state index is 0.134. The molecular weight excluding hydrogens is 260 g/mol. The second-order valence-corrected chi connectivity index (χ2v) is 5.61. The molecule has 6 nitrogen and oxygen atoms in total. The molecule has 1 aliphatic heterocycles. The summed E-state index contributed by atoms with van der Waals surface area (Å²) < 4.78 is 5.40. The molecule has 1 aliphatic rings. The molecule has 0 aromatic rings. The van der Waals surface area contributed by atoms with Gasteiger partial charge in [-0.15, -0.1) is 0 Å². The van der Waals surface area contributed by atoms with Crippen LogP contribution in [0.1, 0.15) is 33.1 Å². The van der Waals surface area contributed by atoms with Gasteiger partial charge >= 0.3 is 5.97 Å². The van der Waals surface area contributed by atoms with Gasteiger partial charge in [0.25, 0.3) is 0 Å². The van der Waals surface area contributed by atoms with Crippen molar-refractivity contribution >= 4 is 11.9 Å². The lowest BCUT2D eigenvalue weighted by Gasteiger charge is -2.20. The molecule has 1 fully saturated rings. The Labute approximate surface area is 120 Å². The lowest BCUT2D eigenvalue weighted by molar-refractivity contribution is -0.142. The number of nitrogens with one attached hydrogen (secondary N) is 1. The molecule has 0 bridgehead atoms. The maximum Gasteiger partial charge on any atom is 0.320 e. The van der Waals surface area contributed by atoms with Gasteiger partial charge in [0.05, 0.1) is 13.2 Å². The highest BCUT2D eigenvalue weighted by Gasteiger charge is 2.31. The average Bonchev–Trinajstić information content (AvgIpc) is 2.81. The highest BCUT2D eigenvalue weighted by Crippen LogP contribution is 2.16.